The molecule has 6 nitrogen and oxygen atoms in total. The van der Waals surface area contributed by atoms with Gasteiger partial charge in [-0.15, -0.1) is 0 Å². The second-order valence-electron chi connectivity index (χ2n) is 5.94. The first kappa shape index (κ1) is 15.0. The number of morpholine rings is 1. The lowest BCUT2D eigenvalue weighted by Crippen LogP contribution is -2.51. The Labute approximate surface area is 138 Å². The summed E-state index contributed by atoms with van der Waals surface area (Å²) in [6, 6.07) is 7.56. The maximum Gasteiger partial charge on any atom is 0.254 e. The van der Waals surface area contributed by atoms with Gasteiger partial charge in [0, 0.05) is 37.6 Å². The van der Waals surface area contributed by atoms with E-state index < -0.39 is 5.82 Å². The van der Waals surface area contributed by atoms with Gasteiger partial charge in [0.2, 0.25) is 5.95 Å². The smallest absolute Gasteiger partial charge is 0.254 e. The molecule has 1 aromatic carbocycles. The Balaban J connectivity index is 1.55. The molecule has 2 aliphatic heterocycles. The van der Waals surface area contributed by atoms with Gasteiger partial charge >= 0.3 is 0 Å². The molecule has 24 heavy (non-hydrogen) atoms. The maximum atomic E-state index is 13.4. The molecule has 0 bridgehead atoms. The van der Waals surface area contributed by atoms with Gasteiger partial charge in [0.05, 0.1) is 18.8 Å². The van der Waals surface area contributed by atoms with Crippen LogP contribution in [0.2, 0.25) is 0 Å². The third-order valence-electron chi connectivity index (χ3n) is 4.47. The number of halogens is 1. The minimum atomic E-state index is -0.409. The van der Waals surface area contributed by atoms with Crippen LogP contribution in [0.5, 0.6) is 0 Å². The number of anilines is 1. The molecule has 7 heteroatoms. The zero-order chi connectivity index (χ0) is 16.5. The molecule has 0 radical (unpaired) electrons. The fourth-order valence-corrected chi connectivity index (χ4v) is 3.35. The van der Waals surface area contributed by atoms with Crippen molar-refractivity contribution in [1.29, 1.82) is 0 Å². The average molecular weight is 328 g/mol. The van der Waals surface area contributed by atoms with E-state index in [-0.39, 0.29) is 18.1 Å². The van der Waals surface area contributed by atoms with Gasteiger partial charge in [0.25, 0.3) is 5.91 Å². The highest BCUT2D eigenvalue weighted by atomic mass is 19.1. The number of likely N-dealkylation sites (tertiary alicyclic amines) is 1. The zero-order valence-electron chi connectivity index (χ0n) is 13.0. The van der Waals surface area contributed by atoms with Crippen molar-refractivity contribution in [1.82, 2.24) is 14.9 Å². The van der Waals surface area contributed by atoms with Gasteiger partial charge in [-0.05, 0) is 24.3 Å². The third-order valence-corrected chi connectivity index (χ3v) is 4.47. The van der Waals surface area contributed by atoms with Crippen LogP contribution in [0, 0.1) is 5.82 Å². The summed E-state index contributed by atoms with van der Waals surface area (Å²) in [6.07, 6.45) is 3.33. The second kappa shape index (κ2) is 6.16. The standard InChI is InChI=1S/C17H17FN4O2/c18-13-4-1-3-12(9-13)16(23)21-10-14-15(11-21)24-8-7-22(14)17-19-5-2-6-20-17/h1-6,9,14-15H,7-8,10-11H2/t14-,15-/m0/s1. The Morgan fingerprint density at radius 2 is 2.04 bits per heavy atom. The monoisotopic (exact) mass is 328 g/mol. The number of nitrogens with zero attached hydrogens (tertiary/aromatic N) is 4. The van der Waals surface area contributed by atoms with Crippen molar-refractivity contribution in [3.05, 3.63) is 54.1 Å². The van der Waals surface area contributed by atoms with Crippen molar-refractivity contribution in [3.8, 4) is 0 Å². The van der Waals surface area contributed by atoms with Crippen LogP contribution in [0.3, 0.4) is 0 Å². The Hall–Kier alpha value is -2.54. The fraction of sp³-hybridized carbons (Fsp3) is 0.353. The number of benzene rings is 1. The number of fused-ring (bicyclic) bond motifs is 1. The van der Waals surface area contributed by atoms with Crippen molar-refractivity contribution >= 4 is 11.9 Å². The normalized spacial score (nSPS) is 23.2. The largest absolute Gasteiger partial charge is 0.372 e. The summed E-state index contributed by atoms with van der Waals surface area (Å²) < 4.78 is 19.2. The number of aromatic nitrogens is 2. The lowest BCUT2D eigenvalue weighted by molar-refractivity contribution is 0.0296. The van der Waals surface area contributed by atoms with Gasteiger partial charge < -0.3 is 14.5 Å². The highest BCUT2D eigenvalue weighted by Crippen LogP contribution is 2.26. The topological polar surface area (TPSA) is 58.6 Å². The molecule has 0 saturated carbocycles. The van der Waals surface area contributed by atoms with Crippen LogP contribution in [0.15, 0.2) is 42.7 Å². The van der Waals surface area contributed by atoms with Gasteiger partial charge in [-0.2, -0.15) is 0 Å². The number of hydrogen-bond acceptors (Lipinski definition) is 5. The summed E-state index contributed by atoms with van der Waals surface area (Å²) in [4.78, 5) is 25.1. The summed E-state index contributed by atoms with van der Waals surface area (Å²) in [5, 5.41) is 0. The van der Waals surface area contributed by atoms with Crippen molar-refractivity contribution in [2.24, 2.45) is 0 Å². The SMILES string of the molecule is O=C(c1cccc(F)c1)N1C[C@@H]2OCCN(c3ncccn3)[C@H]2C1. The Kier molecular flexibility index (Phi) is 3.86. The van der Waals surface area contributed by atoms with E-state index in [0.717, 1.165) is 0 Å². The zero-order valence-corrected chi connectivity index (χ0v) is 13.0. The van der Waals surface area contributed by atoms with Gasteiger partial charge in [-0.25, -0.2) is 14.4 Å². The van der Waals surface area contributed by atoms with Gasteiger partial charge in [-0.1, -0.05) is 6.07 Å². The van der Waals surface area contributed by atoms with E-state index in [2.05, 4.69) is 14.9 Å². The van der Waals surface area contributed by atoms with Crippen molar-refractivity contribution in [2.45, 2.75) is 12.1 Å². The minimum Gasteiger partial charge on any atom is -0.372 e. The Morgan fingerprint density at radius 3 is 2.83 bits per heavy atom. The first-order valence-electron chi connectivity index (χ1n) is 7.92. The first-order chi connectivity index (χ1) is 11.7. The summed E-state index contributed by atoms with van der Waals surface area (Å²) in [5.41, 5.74) is 0.358. The van der Waals surface area contributed by atoms with E-state index in [4.69, 9.17) is 4.74 Å². The van der Waals surface area contributed by atoms with E-state index in [1.54, 1.807) is 35.5 Å². The number of amides is 1. The number of carbonyl (C=O) groups excluding carboxylic acids is 1. The Bertz CT molecular complexity index is 742. The van der Waals surface area contributed by atoms with Crippen LogP contribution in [-0.4, -0.2) is 59.2 Å². The van der Waals surface area contributed by atoms with Crippen LogP contribution in [0.1, 0.15) is 10.4 Å². The van der Waals surface area contributed by atoms with E-state index in [1.165, 1.54) is 12.1 Å². The van der Waals surface area contributed by atoms with Gasteiger partial charge in [0.15, 0.2) is 0 Å². The molecule has 1 amide bonds. The summed E-state index contributed by atoms with van der Waals surface area (Å²) >= 11 is 0. The van der Waals surface area contributed by atoms with Crippen molar-refractivity contribution in [2.75, 3.05) is 31.1 Å². The molecule has 2 fully saturated rings. The van der Waals surface area contributed by atoms with Crippen molar-refractivity contribution in [3.63, 3.8) is 0 Å². The predicted molar refractivity (Wildman–Crippen MR) is 85.2 cm³/mol. The maximum absolute atomic E-state index is 13.4. The van der Waals surface area contributed by atoms with Crippen LogP contribution in [0.4, 0.5) is 10.3 Å². The molecule has 0 N–H and O–H groups in total. The lowest BCUT2D eigenvalue weighted by Gasteiger charge is -2.36. The molecular weight excluding hydrogens is 311 g/mol. The molecule has 2 saturated heterocycles. The molecular formula is C17H17FN4O2. The molecule has 4 rings (SSSR count). The van der Waals surface area contributed by atoms with Crippen LogP contribution < -0.4 is 4.90 Å². The molecule has 2 aliphatic rings. The second-order valence-corrected chi connectivity index (χ2v) is 5.94. The number of ether oxygens (including phenoxy) is 1. The van der Waals surface area contributed by atoms with Crippen LogP contribution in [0.25, 0.3) is 0 Å². The Morgan fingerprint density at radius 1 is 1.21 bits per heavy atom. The summed E-state index contributed by atoms with van der Waals surface area (Å²) in [7, 11) is 0. The molecule has 124 valence electrons. The highest BCUT2D eigenvalue weighted by Gasteiger charge is 2.42. The van der Waals surface area contributed by atoms with Gasteiger partial charge in [-0.3, -0.25) is 4.79 Å². The van der Waals surface area contributed by atoms with E-state index >= 15 is 0 Å². The quantitative estimate of drug-likeness (QED) is 0.833. The highest BCUT2D eigenvalue weighted by molar-refractivity contribution is 5.94. The van der Waals surface area contributed by atoms with Crippen LogP contribution in [-0.2, 0) is 4.74 Å². The molecule has 0 aliphatic carbocycles. The molecule has 3 heterocycles. The fourth-order valence-electron chi connectivity index (χ4n) is 3.35. The number of carbonyl (C=O) groups is 1. The molecule has 1 aromatic heterocycles. The van der Waals surface area contributed by atoms with Crippen molar-refractivity contribution < 1.29 is 13.9 Å². The molecule has 0 spiro atoms. The molecule has 0 unspecified atom stereocenters. The average Bonchev–Trinajstić information content (AvgIpc) is 3.06. The van der Waals surface area contributed by atoms with Crippen LogP contribution >= 0.6 is 0 Å². The van der Waals surface area contributed by atoms with E-state index in [1.807, 2.05) is 0 Å². The summed E-state index contributed by atoms with van der Waals surface area (Å²) in [5.74, 6) is 0.0605. The van der Waals surface area contributed by atoms with Gasteiger partial charge in [0.1, 0.15) is 5.82 Å². The van der Waals surface area contributed by atoms with E-state index in [0.29, 0.717) is 37.8 Å². The molecule has 2 atom stereocenters. The lowest BCUT2D eigenvalue weighted by atomic mass is 10.1. The minimum absolute atomic E-state index is 0.0126. The summed E-state index contributed by atoms with van der Waals surface area (Å²) in [6.45, 7) is 2.26. The third kappa shape index (κ3) is 2.71. The first-order valence-corrected chi connectivity index (χ1v) is 7.92. The predicted octanol–water partition coefficient (Wildman–Crippen LogP) is 1.35. The molecule has 2 aromatic rings. The number of hydrogen-bond donors (Lipinski definition) is 0. The number of rotatable bonds is 2. The van der Waals surface area contributed by atoms with E-state index in [9.17, 15) is 9.18 Å².